The quantitative estimate of drug-likeness (QED) is 0.693. The van der Waals surface area contributed by atoms with Crippen LogP contribution in [-0.4, -0.2) is 50.9 Å². The second-order valence-corrected chi connectivity index (χ2v) is 8.60. The van der Waals surface area contributed by atoms with Gasteiger partial charge in [-0.25, -0.2) is 4.79 Å². The minimum absolute atomic E-state index is 0.0355. The zero-order valence-electron chi connectivity index (χ0n) is 18.0. The van der Waals surface area contributed by atoms with Crippen LogP contribution in [0.4, 0.5) is 5.69 Å². The van der Waals surface area contributed by atoms with E-state index in [-0.39, 0.29) is 36.3 Å². The Bertz CT molecular complexity index is 879. The zero-order chi connectivity index (χ0) is 21.3. The van der Waals surface area contributed by atoms with Crippen LogP contribution >= 0.6 is 0 Å². The number of aliphatic imine (C=N–C) groups is 1. The Balaban J connectivity index is 1.68. The third-order valence-corrected chi connectivity index (χ3v) is 6.32. The van der Waals surface area contributed by atoms with Crippen molar-refractivity contribution in [3.8, 4) is 0 Å². The molecule has 1 aromatic rings. The fourth-order valence-electron chi connectivity index (χ4n) is 4.75. The molecule has 0 bridgehead atoms. The van der Waals surface area contributed by atoms with Crippen molar-refractivity contribution in [2.45, 2.75) is 51.0 Å². The van der Waals surface area contributed by atoms with E-state index in [1.807, 2.05) is 50.2 Å². The van der Waals surface area contributed by atoms with Gasteiger partial charge in [0.2, 0.25) is 0 Å². The van der Waals surface area contributed by atoms with Crippen LogP contribution in [0.3, 0.4) is 0 Å². The molecule has 1 saturated heterocycles. The smallest absolute Gasteiger partial charge is 0.336 e. The molecular weight excluding hydrogens is 380 g/mol. The van der Waals surface area contributed by atoms with Crippen molar-refractivity contribution in [2.75, 3.05) is 32.2 Å². The van der Waals surface area contributed by atoms with Crippen LogP contribution in [0.1, 0.15) is 50.5 Å². The molecule has 4 rings (SSSR count). The predicted molar refractivity (Wildman–Crippen MR) is 116 cm³/mol. The molecule has 6 heteroatoms. The van der Waals surface area contributed by atoms with Gasteiger partial charge in [0.25, 0.3) is 0 Å². The summed E-state index contributed by atoms with van der Waals surface area (Å²) in [5.74, 6) is -0.944. The fraction of sp³-hybridized carbons (Fsp3) is 0.542. The SMILES string of the molecule is CC1=C(C(=O)OC[C@@H]2CCCO2)[C@@H](c2ccc(N(C)C)cc2)[C@@H]2C(=O)CCCC2=N1. The van der Waals surface area contributed by atoms with Crippen molar-refractivity contribution in [3.63, 3.8) is 0 Å². The summed E-state index contributed by atoms with van der Waals surface area (Å²) in [6, 6.07) is 8.09. The molecule has 2 fully saturated rings. The number of carbonyl (C=O) groups excluding carboxylic acids is 2. The van der Waals surface area contributed by atoms with Crippen molar-refractivity contribution >= 4 is 23.2 Å². The first-order chi connectivity index (χ1) is 14.5. The van der Waals surface area contributed by atoms with Gasteiger partial charge in [0.1, 0.15) is 12.4 Å². The van der Waals surface area contributed by atoms with Crippen LogP contribution < -0.4 is 4.90 Å². The summed E-state index contributed by atoms with van der Waals surface area (Å²) < 4.78 is 11.2. The fourth-order valence-corrected chi connectivity index (χ4v) is 4.75. The minimum atomic E-state index is -0.383. The second kappa shape index (κ2) is 8.72. The van der Waals surface area contributed by atoms with Gasteiger partial charge in [0.15, 0.2) is 0 Å². The standard InChI is InChI=1S/C24H30N2O4/c1-15-21(24(28)30-14-18-6-5-13-29-18)22(16-9-11-17(12-10-16)26(2)3)23-19(25-15)7-4-8-20(23)27/h9-12,18,22-23H,4-8,13-14H2,1-3H3/t18-,22+,23-/m0/s1. The molecule has 160 valence electrons. The third kappa shape index (κ3) is 4.06. The number of fused-ring (bicyclic) bond motifs is 1. The maximum absolute atomic E-state index is 13.2. The number of nitrogens with zero attached hydrogens (tertiary/aromatic N) is 2. The minimum Gasteiger partial charge on any atom is -0.460 e. The number of benzene rings is 1. The van der Waals surface area contributed by atoms with E-state index in [0.29, 0.717) is 17.7 Å². The van der Waals surface area contributed by atoms with Crippen molar-refractivity contribution in [2.24, 2.45) is 10.9 Å². The Hall–Kier alpha value is -2.47. The number of esters is 1. The van der Waals surface area contributed by atoms with Gasteiger partial charge < -0.3 is 14.4 Å². The molecule has 6 nitrogen and oxygen atoms in total. The highest BCUT2D eigenvalue weighted by Crippen LogP contribution is 2.43. The number of ketones is 1. The van der Waals surface area contributed by atoms with Crippen LogP contribution in [0, 0.1) is 5.92 Å². The lowest BCUT2D eigenvalue weighted by Crippen LogP contribution is -2.39. The van der Waals surface area contributed by atoms with Crippen molar-refractivity contribution in [1.82, 2.24) is 0 Å². The van der Waals surface area contributed by atoms with E-state index in [0.717, 1.165) is 49.3 Å². The first-order valence-electron chi connectivity index (χ1n) is 10.8. The van der Waals surface area contributed by atoms with Crippen LogP contribution in [0.25, 0.3) is 0 Å². The molecule has 0 aromatic heterocycles. The van der Waals surface area contributed by atoms with Gasteiger partial charge in [-0.2, -0.15) is 0 Å². The van der Waals surface area contributed by atoms with Gasteiger partial charge in [-0.15, -0.1) is 0 Å². The Labute approximate surface area is 177 Å². The van der Waals surface area contributed by atoms with Crippen LogP contribution in [0.2, 0.25) is 0 Å². The van der Waals surface area contributed by atoms with Crippen LogP contribution in [-0.2, 0) is 19.1 Å². The number of anilines is 1. The van der Waals surface area contributed by atoms with Gasteiger partial charge in [-0.05, 0) is 50.3 Å². The summed E-state index contributed by atoms with van der Waals surface area (Å²) in [7, 11) is 3.98. The Morgan fingerprint density at radius 3 is 2.60 bits per heavy atom. The maximum Gasteiger partial charge on any atom is 0.336 e. The number of rotatable bonds is 5. The molecule has 1 aromatic carbocycles. The highest BCUT2D eigenvalue weighted by atomic mass is 16.6. The summed E-state index contributed by atoms with van der Waals surface area (Å²) in [6.45, 7) is 2.82. The summed E-state index contributed by atoms with van der Waals surface area (Å²) in [5, 5.41) is 0. The summed E-state index contributed by atoms with van der Waals surface area (Å²) >= 11 is 0. The maximum atomic E-state index is 13.2. The van der Waals surface area contributed by atoms with Gasteiger partial charge in [0, 0.05) is 50.1 Å². The number of hydrogen-bond donors (Lipinski definition) is 0. The van der Waals surface area contributed by atoms with E-state index >= 15 is 0 Å². The molecule has 0 N–H and O–H groups in total. The summed E-state index contributed by atoms with van der Waals surface area (Å²) in [4.78, 5) is 32.8. The average Bonchev–Trinajstić information content (AvgIpc) is 3.25. The number of carbonyl (C=O) groups is 2. The van der Waals surface area contributed by atoms with Gasteiger partial charge >= 0.3 is 5.97 Å². The zero-order valence-corrected chi connectivity index (χ0v) is 18.0. The van der Waals surface area contributed by atoms with E-state index in [9.17, 15) is 9.59 Å². The lowest BCUT2D eigenvalue weighted by molar-refractivity contribution is -0.142. The van der Waals surface area contributed by atoms with Crippen molar-refractivity contribution in [3.05, 3.63) is 41.1 Å². The van der Waals surface area contributed by atoms with E-state index in [1.54, 1.807) is 0 Å². The van der Waals surface area contributed by atoms with Gasteiger partial charge in [-0.3, -0.25) is 9.79 Å². The Morgan fingerprint density at radius 2 is 1.93 bits per heavy atom. The molecule has 0 unspecified atom stereocenters. The third-order valence-electron chi connectivity index (χ3n) is 6.32. The molecule has 0 radical (unpaired) electrons. The van der Waals surface area contributed by atoms with Gasteiger partial charge in [0.05, 0.1) is 17.6 Å². The lowest BCUT2D eigenvalue weighted by Gasteiger charge is -2.35. The topological polar surface area (TPSA) is 68.2 Å². The van der Waals surface area contributed by atoms with Crippen LogP contribution in [0.5, 0.6) is 0 Å². The normalized spacial score (nSPS) is 26.3. The molecule has 3 atom stereocenters. The summed E-state index contributed by atoms with van der Waals surface area (Å²) in [5.41, 5.74) is 4.10. The highest BCUT2D eigenvalue weighted by Gasteiger charge is 2.43. The lowest BCUT2D eigenvalue weighted by atomic mass is 9.69. The molecular formula is C24H30N2O4. The number of ether oxygens (including phenoxy) is 2. The second-order valence-electron chi connectivity index (χ2n) is 8.60. The predicted octanol–water partition coefficient (Wildman–Crippen LogP) is 3.66. The van der Waals surface area contributed by atoms with Crippen LogP contribution in [0.15, 0.2) is 40.5 Å². The number of Topliss-reactive ketones (excluding diaryl/α,β-unsaturated/α-hetero) is 1. The molecule has 0 amide bonds. The molecule has 1 aliphatic carbocycles. The largest absolute Gasteiger partial charge is 0.460 e. The molecule has 0 spiro atoms. The highest BCUT2D eigenvalue weighted by molar-refractivity contribution is 6.11. The van der Waals surface area contributed by atoms with Gasteiger partial charge in [-0.1, -0.05) is 12.1 Å². The van der Waals surface area contributed by atoms with Crippen molar-refractivity contribution < 1.29 is 19.1 Å². The Morgan fingerprint density at radius 1 is 1.17 bits per heavy atom. The van der Waals surface area contributed by atoms with Crippen molar-refractivity contribution in [1.29, 1.82) is 0 Å². The average molecular weight is 411 g/mol. The molecule has 1 saturated carbocycles. The first kappa shape index (κ1) is 20.8. The van der Waals surface area contributed by atoms with E-state index in [1.165, 1.54) is 0 Å². The van der Waals surface area contributed by atoms with E-state index in [2.05, 4.69) is 0 Å². The van der Waals surface area contributed by atoms with E-state index in [4.69, 9.17) is 14.5 Å². The molecule has 2 heterocycles. The Kier molecular flexibility index (Phi) is 6.04. The molecule has 30 heavy (non-hydrogen) atoms. The summed E-state index contributed by atoms with van der Waals surface area (Å²) in [6.07, 6.45) is 4.03. The molecule has 3 aliphatic rings. The number of allylic oxidation sites excluding steroid dienone is 1. The monoisotopic (exact) mass is 410 g/mol. The number of hydrogen-bond acceptors (Lipinski definition) is 6. The first-order valence-corrected chi connectivity index (χ1v) is 10.8. The van der Waals surface area contributed by atoms with E-state index < -0.39 is 0 Å². The molecule has 2 aliphatic heterocycles.